The average molecular weight is 1180 g/mol. The molecule has 83 heavy (non-hydrogen) atoms. The standard InChI is InChI=1S/C28H55NO2.C26H50O4.C10H22.C4H9NO.C4H10.C2H6/c1-5-7-11-18-26(19-12-8-6-2)20-17-25-31-27(30)28(3,4)21-13-9-10-14-22-29-23-15-16-24-29;1-3-5-7-9-12-16-20-25(21-17-13-10-8-6-4-2)30-26(28)22-18-14-11-15-19-23-29-24-27;1-5-7-10(8-6-2)9(3)4;1-2-3-4(5)6;1-4(2)3;1-2/h26H,5-25H2,1-4H3;24-25H,3-23H2,1-2H3;9-10H,5-8H2,1-4H3;2-3H2,1H3,(H2,5,6);4H,1-3H3;1-2H3. The molecule has 1 heterocycles. The molecule has 0 aliphatic carbocycles. The van der Waals surface area contributed by atoms with E-state index < -0.39 is 0 Å². The van der Waals surface area contributed by atoms with Crippen molar-refractivity contribution in [2.45, 2.75) is 393 Å². The van der Waals surface area contributed by atoms with E-state index in [1.54, 1.807) is 0 Å². The van der Waals surface area contributed by atoms with Crippen LogP contribution >= 0.6 is 0 Å². The van der Waals surface area contributed by atoms with Gasteiger partial charge >= 0.3 is 11.9 Å². The molecule has 1 amide bonds. The number of unbranched alkanes of at least 4 members (excludes halogenated alkanes) is 21. The Morgan fingerprint density at radius 3 is 1.36 bits per heavy atom. The minimum atomic E-state index is -0.337. The van der Waals surface area contributed by atoms with E-state index >= 15 is 0 Å². The Bertz CT molecular complexity index is 1250. The van der Waals surface area contributed by atoms with Crippen LogP contribution < -0.4 is 5.73 Å². The second-order valence-electron chi connectivity index (χ2n) is 26.0. The van der Waals surface area contributed by atoms with Crippen LogP contribution in [0, 0.1) is 29.1 Å². The van der Waals surface area contributed by atoms with Crippen molar-refractivity contribution < 1.29 is 33.4 Å². The highest BCUT2D eigenvalue weighted by atomic mass is 16.5. The van der Waals surface area contributed by atoms with Crippen molar-refractivity contribution in [3.8, 4) is 0 Å². The maximum Gasteiger partial charge on any atom is 0.311 e. The number of amides is 1. The summed E-state index contributed by atoms with van der Waals surface area (Å²) in [4.78, 5) is 47.4. The summed E-state index contributed by atoms with van der Waals surface area (Å²) in [5.74, 6) is 3.32. The molecular weight excluding hydrogens is 1030 g/mol. The van der Waals surface area contributed by atoms with E-state index in [4.69, 9.17) is 15.2 Å². The quantitative estimate of drug-likeness (QED) is 0.0276. The van der Waals surface area contributed by atoms with E-state index in [1.807, 2.05) is 20.8 Å². The topological polar surface area (TPSA) is 125 Å². The minimum absolute atomic E-state index is 0.0121. The van der Waals surface area contributed by atoms with Crippen LogP contribution in [0.5, 0.6) is 0 Å². The molecule has 1 fully saturated rings. The molecule has 0 aromatic carbocycles. The van der Waals surface area contributed by atoms with Gasteiger partial charge in [0.1, 0.15) is 6.10 Å². The highest BCUT2D eigenvalue weighted by Gasteiger charge is 2.28. The lowest BCUT2D eigenvalue weighted by Gasteiger charge is -2.23. The number of nitrogens with zero attached hydrogens (tertiary/aromatic N) is 1. The van der Waals surface area contributed by atoms with E-state index in [0.29, 0.717) is 32.5 Å². The molecule has 0 spiro atoms. The smallest absolute Gasteiger partial charge is 0.311 e. The van der Waals surface area contributed by atoms with Gasteiger partial charge in [-0.1, -0.05) is 277 Å². The maximum absolute atomic E-state index is 12.6. The Morgan fingerprint density at radius 1 is 0.494 bits per heavy atom. The molecule has 9 heteroatoms. The third-order valence-corrected chi connectivity index (χ3v) is 15.7. The molecule has 0 radical (unpaired) electrons. The van der Waals surface area contributed by atoms with E-state index in [2.05, 4.69) is 99.6 Å². The molecule has 500 valence electrons. The van der Waals surface area contributed by atoms with Crippen LogP contribution in [0.2, 0.25) is 0 Å². The van der Waals surface area contributed by atoms with Gasteiger partial charge in [-0.25, -0.2) is 0 Å². The number of rotatable bonds is 51. The molecule has 9 nitrogen and oxygen atoms in total. The number of ether oxygens (including phenoxy) is 3. The first kappa shape index (κ1) is 89.6. The van der Waals surface area contributed by atoms with E-state index in [-0.39, 0.29) is 29.4 Å². The summed E-state index contributed by atoms with van der Waals surface area (Å²) in [6, 6.07) is 0. The van der Waals surface area contributed by atoms with Crippen LogP contribution in [0.25, 0.3) is 0 Å². The molecule has 0 aromatic heterocycles. The molecule has 1 aliphatic heterocycles. The van der Waals surface area contributed by atoms with Gasteiger partial charge < -0.3 is 24.8 Å². The highest BCUT2D eigenvalue weighted by Crippen LogP contribution is 2.28. The van der Waals surface area contributed by atoms with Gasteiger partial charge in [0.15, 0.2) is 0 Å². The Labute approximate surface area is 520 Å². The van der Waals surface area contributed by atoms with Crippen molar-refractivity contribution in [3.63, 3.8) is 0 Å². The van der Waals surface area contributed by atoms with Crippen molar-refractivity contribution in [2.75, 3.05) is 32.8 Å². The summed E-state index contributed by atoms with van der Waals surface area (Å²) in [5.41, 5.74) is 4.43. The number of nitrogens with two attached hydrogens (primary N) is 1. The molecule has 2 N–H and O–H groups in total. The molecule has 0 atom stereocenters. The van der Waals surface area contributed by atoms with Crippen LogP contribution in [-0.4, -0.2) is 68.2 Å². The average Bonchev–Trinajstić information content (AvgIpc) is 3.99. The fourth-order valence-corrected chi connectivity index (χ4v) is 10.5. The molecule has 1 rings (SSSR count). The van der Waals surface area contributed by atoms with E-state index in [9.17, 15) is 19.2 Å². The Hall–Kier alpha value is -2.16. The minimum Gasteiger partial charge on any atom is -0.468 e. The zero-order valence-electron chi connectivity index (χ0n) is 59.3. The van der Waals surface area contributed by atoms with Crippen LogP contribution in [0.15, 0.2) is 0 Å². The number of hydrogen-bond donors (Lipinski definition) is 1. The fraction of sp³-hybridized carbons (Fsp3) is 0.946. The second kappa shape index (κ2) is 72.3. The van der Waals surface area contributed by atoms with Crippen LogP contribution in [0.4, 0.5) is 0 Å². The number of likely N-dealkylation sites (tertiary alicyclic amines) is 1. The largest absolute Gasteiger partial charge is 0.468 e. The van der Waals surface area contributed by atoms with Crippen molar-refractivity contribution in [1.29, 1.82) is 0 Å². The number of primary amides is 1. The third-order valence-electron chi connectivity index (χ3n) is 15.7. The summed E-state index contributed by atoms with van der Waals surface area (Å²) in [7, 11) is 0. The Morgan fingerprint density at radius 2 is 0.916 bits per heavy atom. The molecule has 0 saturated carbocycles. The first-order valence-corrected chi connectivity index (χ1v) is 36.4. The van der Waals surface area contributed by atoms with Crippen molar-refractivity contribution in [1.82, 2.24) is 4.90 Å². The van der Waals surface area contributed by atoms with E-state index in [0.717, 1.165) is 94.3 Å². The zero-order chi connectivity index (χ0) is 63.5. The van der Waals surface area contributed by atoms with Crippen LogP contribution in [0.3, 0.4) is 0 Å². The lowest BCUT2D eigenvalue weighted by Crippen LogP contribution is -2.27. The summed E-state index contributed by atoms with van der Waals surface area (Å²) >= 11 is 0. The number of hydrogen-bond acceptors (Lipinski definition) is 8. The van der Waals surface area contributed by atoms with Gasteiger partial charge in [-0.2, -0.15) is 0 Å². The van der Waals surface area contributed by atoms with Gasteiger partial charge in [0.25, 0.3) is 6.47 Å². The highest BCUT2D eigenvalue weighted by molar-refractivity contribution is 5.75. The lowest BCUT2D eigenvalue weighted by atomic mass is 9.87. The fourth-order valence-electron chi connectivity index (χ4n) is 10.5. The number of carbonyl (C=O) groups is 4. The molecule has 0 aromatic rings. The molecule has 0 unspecified atom stereocenters. The predicted molar refractivity (Wildman–Crippen MR) is 364 cm³/mol. The van der Waals surface area contributed by atoms with Crippen LogP contribution in [0.1, 0.15) is 387 Å². The van der Waals surface area contributed by atoms with Crippen molar-refractivity contribution in [3.05, 3.63) is 0 Å². The molecule has 0 bridgehead atoms. The summed E-state index contributed by atoms with van der Waals surface area (Å²) < 4.78 is 16.3. The molecule has 1 aliphatic rings. The van der Waals surface area contributed by atoms with Gasteiger partial charge in [0, 0.05) is 12.8 Å². The molecular formula is C74H152N2O7. The van der Waals surface area contributed by atoms with Crippen molar-refractivity contribution in [2.24, 2.45) is 34.8 Å². The van der Waals surface area contributed by atoms with E-state index in [1.165, 1.54) is 212 Å². The van der Waals surface area contributed by atoms with Crippen LogP contribution in [-0.2, 0) is 33.4 Å². The monoisotopic (exact) mass is 1180 g/mol. The second-order valence-corrected chi connectivity index (χ2v) is 26.0. The van der Waals surface area contributed by atoms with Gasteiger partial charge in [-0.3, -0.25) is 19.2 Å². The van der Waals surface area contributed by atoms with Crippen molar-refractivity contribution >= 4 is 24.3 Å². The summed E-state index contributed by atoms with van der Waals surface area (Å²) in [6.07, 6.45) is 51.7. The number of carbonyl (C=O) groups excluding carboxylic acids is 4. The first-order chi connectivity index (χ1) is 40.0. The summed E-state index contributed by atoms with van der Waals surface area (Å²) in [5, 5.41) is 0. The molecule has 1 saturated heterocycles. The Kier molecular flexibility index (Phi) is 78.1. The third kappa shape index (κ3) is 74.0. The maximum atomic E-state index is 12.6. The number of esters is 2. The van der Waals surface area contributed by atoms with Gasteiger partial charge in [-0.15, -0.1) is 0 Å². The van der Waals surface area contributed by atoms with Gasteiger partial charge in [-0.05, 0) is 141 Å². The predicted octanol–water partition coefficient (Wildman–Crippen LogP) is 22.9. The van der Waals surface area contributed by atoms with Gasteiger partial charge in [0.05, 0.1) is 18.6 Å². The normalized spacial score (nSPS) is 12.1. The van der Waals surface area contributed by atoms with Gasteiger partial charge in [0.2, 0.25) is 5.91 Å². The zero-order valence-corrected chi connectivity index (χ0v) is 59.3. The Balaban J connectivity index is -0.000000359. The first-order valence-electron chi connectivity index (χ1n) is 36.4. The summed E-state index contributed by atoms with van der Waals surface area (Å²) in [6.45, 7) is 40.4. The SMILES string of the molecule is CC.CC(C)C.CCCC(CCC)C(C)C.CCCC(N)=O.CCCCCC(CCCCC)CCCOC(=O)C(C)(C)CCCCCCN1CCCC1.CCCCCCCCC(CCCCCCCC)OC(=O)CCCCCCCOC=O. The lowest BCUT2D eigenvalue weighted by molar-refractivity contribution is -0.154.